The van der Waals surface area contributed by atoms with Gasteiger partial charge in [-0.25, -0.2) is 0 Å². The molecular formula is C16H26N2O2. The molecule has 4 heteroatoms. The van der Waals surface area contributed by atoms with Gasteiger partial charge >= 0.3 is 0 Å². The Morgan fingerprint density at radius 3 is 2.70 bits per heavy atom. The molecule has 0 amide bonds. The molecule has 2 unspecified atom stereocenters. The largest absolute Gasteiger partial charge is 0.382 e. The molecule has 1 heterocycles. The van der Waals surface area contributed by atoms with Gasteiger partial charge in [0.25, 0.3) is 0 Å². The van der Waals surface area contributed by atoms with Crippen molar-refractivity contribution in [3.63, 3.8) is 0 Å². The summed E-state index contributed by atoms with van der Waals surface area (Å²) in [6.07, 6.45) is 2.55. The lowest BCUT2D eigenvalue weighted by Crippen LogP contribution is -2.47. The fourth-order valence-corrected chi connectivity index (χ4v) is 2.77. The zero-order chi connectivity index (χ0) is 14.4. The summed E-state index contributed by atoms with van der Waals surface area (Å²) in [7, 11) is 0. The number of aliphatic hydroxyl groups is 1. The van der Waals surface area contributed by atoms with E-state index in [1.807, 2.05) is 30.3 Å². The van der Waals surface area contributed by atoms with Crippen molar-refractivity contribution in [1.29, 1.82) is 0 Å². The summed E-state index contributed by atoms with van der Waals surface area (Å²) in [4.78, 5) is 2.23. The standard InChI is InChI=1S/C16H26N2O2/c1-2-18(11-15-9-6-10-20-15)13-16(19,12-17)14-7-4-3-5-8-14/h3-5,7-8,15,19H,2,6,9-13,17H2,1H3. The minimum Gasteiger partial charge on any atom is -0.382 e. The summed E-state index contributed by atoms with van der Waals surface area (Å²) in [6.45, 7) is 5.49. The van der Waals surface area contributed by atoms with Crippen molar-refractivity contribution >= 4 is 0 Å². The Bertz CT molecular complexity index is 393. The van der Waals surface area contributed by atoms with E-state index in [4.69, 9.17) is 10.5 Å². The summed E-state index contributed by atoms with van der Waals surface area (Å²) in [5, 5.41) is 10.9. The Balaban J connectivity index is 2.02. The highest BCUT2D eigenvalue weighted by atomic mass is 16.5. The number of rotatable bonds is 7. The third-order valence-corrected chi connectivity index (χ3v) is 4.07. The monoisotopic (exact) mass is 278 g/mol. The summed E-state index contributed by atoms with van der Waals surface area (Å²) in [6, 6.07) is 9.70. The number of benzene rings is 1. The van der Waals surface area contributed by atoms with Gasteiger partial charge in [0.15, 0.2) is 0 Å². The van der Waals surface area contributed by atoms with Gasteiger partial charge in [-0.3, -0.25) is 4.90 Å². The third-order valence-electron chi connectivity index (χ3n) is 4.07. The highest BCUT2D eigenvalue weighted by Crippen LogP contribution is 2.22. The molecule has 20 heavy (non-hydrogen) atoms. The molecule has 0 bridgehead atoms. The van der Waals surface area contributed by atoms with Crippen LogP contribution in [0.1, 0.15) is 25.3 Å². The minimum absolute atomic E-state index is 0.221. The predicted molar refractivity (Wildman–Crippen MR) is 80.5 cm³/mol. The molecule has 1 saturated heterocycles. The third kappa shape index (κ3) is 3.79. The van der Waals surface area contributed by atoms with Gasteiger partial charge in [-0.05, 0) is 24.9 Å². The smallest absolute Gasteiger partial charge is 0.114 e. The van der Waals surface area contributed by atoms with Crippen molar-refractivity contribution in [2.24, 2.45) is 5.73 Å². The zero-order valence-electron chi connectivity index (χ0n) is 12.3. The van der Waals surface area contributed by atoms with Crippen LogP contribution in [0.4, 0.5) is 0 Å². The van der Waals surface area contributed by atoms with E-state index in [9.17, 15) is 5.11 Å². The van der Waals surface area contributed by atoms with Gasteiger partial charge in [0.05, 0.1) is 6.10 Å². The van der Waals surface area contributed by atoms with Crippen LogP contribution < -0.4 is 5.73 Å². The molecule has 3 N–H and O–H groups in total. The van der Waals surface area contributed by atoms with Gasteiger partial charge in [0, 0.05) is 26.2 Å². The molecule has 0 radical (unpaired) electrons. The summed E-state index contributed by atoms with van der Waals surface area (Å²) in [5.41, 5.74) is 5.73. The first-order valence-corrected chi connectivity index (χ1v) is 7.50. The van der Waals surface area contributed by atoms with E-state index in [-0.39, 0.29) is 6.54 Å². The van der Waals surface area contributed by atoms with Crippen LogP contribution in [0.2, 0.25) is 0 Å². The second kappa shape index (κ2) is 7.18. The van der Waals surface area contributed by atoms with E-state index in [0.717, 1.165) is 38.1 Å². The number of likely N-dealkylation sites (N-methyl/N-ethyl adjacent to an activating group) is 1. The molecule has 112 valence electrons. The lowest BCUT2D eigenvalue weighted by atomic mass is 9.93. The van der Waals surface area contributed by atoms with E-state index in [1.54, 1.807) is 0 Å². The predicted octanol–water partition coefficient (Wildman–Crippen LogP) is 1.33. The normalized spacial score (nSPS) is 22.1. The van der Waals surface area contributed by atoms with Crippen molar-refractivity contribution in [1.82, 2.24) is 4.90 Å². The Morgan fingerprint density at radius 1 is 1.40 bits per heavy atom. The van der Waals surface area contributed by atoms with Gasteiger partial charge in [-0.1, -0.05) is 37.3 Å². The molecule has 4 nitrogen and oxygen atoms in total. The van der Waals surface area contributed by atoms with Gasteiger partial charge in [-0.2, -0.15) is 0 Å². The Kier molecular flexibility index (Phi) is 5.54. The Labute approximate surface area is 121 Å². The molecule has 0 aliphatic carbocycles. The van der Waals surface area contributed by atoms with Crippen molar-refractivity contribution in [3.05, 3.63) is 35.9 Å². The van der Waals surface area contributed by atoms with Crippen LogP contribution in [-0.2, 0) is 10.3 Å². The van der Waals surface area contributed by atoms with Crippen LogP contribution in [0, 0.1) is 0 Å². The first kappa shape index (κ1) is 15.4. The summed E-state index contributed by atoms with van der Waals surface area (Å²) < 4.78 is 5.68. The second-order valence-corrected chi connectivity index (χ2v) is 5.56. The summed E-state index contributed by atoms with van der Waals surface area (Å²) >= 11 is 0. The summed E-state index contributed by atoms with van der Waals surface area (Å²) in [5.74, 6) is 0. The maximum absolute atomic E-state index is 10.9. The van der Waals surface area contributed by atoms with Crippen LogP contribution in [0.25, 0.3) is 0 Å². The number of hydrogen-bond donors (Lipinski definition) is 2. The Morgan fingerprint density at radius 2 is 2.15 bits per heavy atom. The van der Waals surface area contributed by atoms with Crippen LogP contribution in [0.5, 0.6) is 0 Å². The molecule has 2 rings (SSSR count). The molecule has 1 aliphatic heterocycles. The van der Waals surface area contributed by atoms with Crippen LogP contribution in [0.15, 0.2) is 30.3 Å². The lowest BCUT2D eigenvalue weighted by molar-refractivity contribution is -0.00820. The number of hydrogen-bond acceptors (Lipinski definition) is 4. The fraction of sp³-hybridized carbons (Fsp3) is 0.625. The van der Waals surface area contributed by atoms with E-state index in [1.165, 1.54) is 0 Å². The van der Waals surface area contributed by atoms with Gasteiger partial charge in [0.2, 0.25) is 0 Å². The van der Waals surface area contributed by atoms with E-state index >= 15 is 0 Å². The van der Waals surface area contributed by atoms with Crippen LogP contribution >= 0.6 is 0 Å². The van der Waals surface area contributed by atoms with Gasteiger partial charge < -0.3 is 15.6 Å². The molecule has 1 aromatic rings. The molecule has 1 aliphatic rings. The first-order valence-electron chi connectivity index (χ1n) is 7.50. The quantitative estimate of drug-likeness (QED) is 0.790. The minimum atomic E-state index is -0.990. The lowest BCUT2D eigenvalue weighted by Gasteiger charge is -2.34. The van der Waals surface area contributed by atoms with Crippen molar-refractivity contribution in [3.8, 4) is 0 Å². The number of ether oxygens (including phenoxy) is 1. The van der Waals surface area contributed by atoms with Crippen molar-refractivity contribution in [2.75, 3.05) is 32.8 Å². The first-order chi connectivity index (χ1) is 9.68. The van der Waals surface area contributed by atoms with Crippen LogP contribution in [-0.4, -0.2) is 48.9 Å². The maximum atomic E-state index is 10.9. The van der Waals surface area contributed by atoms with Crippen molar-refractivity contribution in [2.45, 2.75) is 31.5 Å². The average molecular weight is 278 g/mol. The molecular weight excluding hydrogens is 252 g/mol. The molecule has 1 fully saturated rings. The number of nitrogens with two attached hydrogens (primary N) is 1. The van der Waals surface area contributed by atoms with E-state index in [2.05, 4.69) is 11.8 Å². The van der Waals surface area contributed by atoms with Crippen LogP contribution in [0.3, 0.4) is 0 Å². The van der Waals surface area contributed by atoms with Gasteiger partial charge in [-0.15, -0.1) is 0 Å². The highest BCUT2D eigenvalue weighted by Gasteiger charge is 2.31. The van der Waals surface area contributed by atoms with E-state index in [0.29, 0.717) is 12.6 Å². The SMILES string of the molecule is CCN(CC1CCCO1)CC(O)(CN)c1ccccc1. The molecule has 0 spiro atoms. The second-order valence-electron chi connectivity index (χ2n) is 5.56. The molecule has 2 atom stereocenters. The fourth-order valence-electron chi connectivity index (χ4n) is 2.77. The van der Waals surface area contributed by atoms with Crippen molar-refractivity contribution < 1.29 is 9.84 Å². The zero-order valence-corrected chi connectivity index (χ0v) is 12.3. The maximum Gasteiger partial charge on any atom is 0.114 e. The molecule has 0 aromatic heterocycles. The average Bonchev–Trinajstić information content (AvgIpc) is 3.00. The number of nitrogens with zero attached hydrogens (tertiary/aromatic N) is 1. The topological polar surface area (TPSA) is 58.7 Å². The molecule has 0 saturated carbocycles. The van der Waals surface area contributed by atoms with E-state index < -0.39 is 5.60 Å². The molecule has 1 aromatic carbocycles. The highest BCUT2D eigenvalue weighted by molar-refractivity contribution is 5.23. The Hall–Kier alpha value is -0.940. The van der Waals surface area contributed by atoms with Gasteiger partial charge in [0.1, 0.15) is 5.60 Å².